The van der Waals surface area contributed by atoms with Crippen LogP contribution < -0.4 is 4.72 Å². The van der Waals surface area contributed by atoms with Gasteiger partial charge in [-0.3, -0.25) is 9.48 Å². The number of hydrogen-bond donors (Lipinski definition) is 1. The van der Waals surface area contributed by atoms with E-state index < -0.39 is 22.1 Å². The molecule has 0 aliphatic carbocycles. The van der Waals surface area contributed by atoms with Crippen LogP contribution >= 0.6 is 11.6 Å². The SMILES string of the molecule is COC(=O)CCc1c(C(=O)OC)n(C)c2c(-c3c(C)nn4c3[C@H](N[S+]([O-])C(C)(C)C)CCC4)c(Cl)ccc12. The largest absolute Gasteiger partial charge is 0.598 e. The van der Waals surface area contributed by atoms with Gasteiger partial charge < -0.3 is 18.6 Å². The molecule has 206 valence electrons. The smallest absolute Gasteiger partial charge is 0.354 e. The van der Waals surface area contributed by atoms with E-state index in [2.05, 4.69) is 4.72 Å². The van der Waals surface area contributed by atoms with Crippen molar-refractivity contribution in [1.29, 1.82) is 0 Å². The van der Waals surface area contributed by atoms with Gasteiger partial charge in [0.05, 0.1) is 42.2 Å². The molecule has 1 aliphatic heterocycles. The number of aromatic nitrogens is 3. The molecule has 9 nitrogen and oxygen atoms in total. The normalized spacial score (nSPS) is 16.4. The van der Waals surface area contributed by atoms with Gasteiger partial charge in [-0.25, -0.2) is 4.79 Å². The van der Waals surface area contributed by atoms with Crippen molar-refractivity contribution in [3.05, 3.63) is 39.8 Å². The van der Waals surface area contributed by atoms with Gasteiger partial charge in [0.25, 0.3) is 0 Å². The van der Waals surface area contributed by atoms with Crippen molar-refractivity contribution in [2.75, 3.05) is 14.2 Å². The minimum Gasteiger partial charge on any atom is -0.598 e. The first-order valence-electron chi connectivity index (χ1n) is 12.6. The summed E-state index contributed by atoms with van der Waals surface area (Å²) in [6, 6.07) is 3.49. The lowest BCUT2D eigenvalue weighted by atomic mass is 9.93. The van der Waals surface area contributed by atoms with Gasteiger partial charge >= 0.3 is 11.9 Å². The van der Waals surface area contributed by atoms with Crippen LogP contribution in [0.25, 0.3) is 22.0 Å². The van der Waals surface area contributed by atoms with Crippen molar-refractivity contribution in [1.82, 2.24) is 19.1 Å². The number of halogens is 1. The summed E-state index contributed by atoms with van der Waals surface area (Å²) >= 11 is 5.63. The zero-order valence-electron chi connectivity index (χ0n) is 22.9. The molecule has 0 saturated heterocycles. The quantitative estimate of drug-likeness (QED) is 0.326. The van der Waals surface area contributed by atoms with E-state index in [1.54, 1.807) is 11.6 Å². The molecule has 2 aromatic heterocycles. The summed E-state index contributed by atoms with van der Waals surface area (Å²) in [6.07, 6.45) is 2.12. The molecular weight excluding hydrogens is 528 g/mol. The first kappa shape index (κ1) is 28.5. The van der Waals surface area contributed by atoms with Gasteiger partial charge in [0, 0.05) is 47.9 Å². The van der Waals surface area contributed by atoms with Crippen molar-refractivity contribution >= 4 is 45.8 Å². The van der Waals surface area contributed by atoms with Crippen LogP contribution in [-0.2, 0) is 45.6 Å². The number of carbonyl (C=O) groups is 2. The lowest BCUT2D eigenvalue weighted by molar-refractivity contribution is -0.140. The molecular formula is C27H35ClN4O5S. The first-order valence-corrected chi connectivity index (χ1v) is 14.1. The van der Waals surface area contributed by atoms with E-state index in [0.29, 0.717) is 22.7 Å². The molecule has 2 atom stereocenters. The predicted molar refractivity (Wildman–Crippen MR) is 149 cm³/mol. The molecule has 0 bridgehead atoms. The number of benzene rings is 1. The molecule has 3 heterocycles. The van der Waals surface area contributed by atoms with Crippen molar-refractivity contribution in [2.45, 2.75) is 70.7 Å². The standard InChI is InChI=1S/C27H35ClN4O5S/c1-15-21(25-19(9-8-14-32(25)29-15)30-38(35)27(2,3)4)22-18(28)12-10-16-17(11-13-20(33)36-6)24(26(34)37-7)31(5)23(16)22/h10,12,19,30H,8-9,11,13-14H2,1-7H3/t19-,38?/m1/s1. The molecule has 1 N–H and O–H groups in total. The summed E-state index contributed by atoms with van der Waals surface area (Å²) in [6.45, 7) is 8.50. The molecule has 1 unspecified atom stereocenters. The molecule has 0 fully saturated rings. The zero-order valence-corrected chi connectivity index (χ0v) is 24.5. The van der Waals surface area contributed by atoms with Gasteiger partial charge in [0.2, 0.25) is 0 Å². The van der Waals surface area contributed by atoms with Gasteiger partial charge in [0.15, 0.2) is 0 Å². The number of aryl methyl sites for hydroxylation is 4. The molecule has 1 aromatic carbocycles. The summed E-state index contributed by atoms with van der Waals surface area (Å²) in [7, 11) is 4.47. The Hall–Kier alpha value is -2.53. The van der Waals surface area contributed by atoms with Crippen molar-refractivity contribution in [3.63, 3.8) is 0 Å². The minimum absolute atomic E-state index is 0.115. The Morgan fingerprint density at radius 1 is 1.24 bits per heavy atom. The topological polar surface area (TPSA) is 110 Å². The van der Waals surface area contributed by atoms with Crippen LogP contribution in [0.15, 0.2) is 12.1 Å². The second-order valence-electron chi connectivity index (χ2n) is 10.5. The fraction of sp³-hybridized carbons (Fsp3) is 0.519. The molecule has 1 aliphatic rings. The Balaban J connectivity index is 1.97. The minimum atomic E-state index is -1.28. The Labute approximate surface area is 231 Å². The average molecular weight is 563 g/mol. The van der Waals surface area contributed by atoms with E-state index in [-0.39, 0.29) is 18.4 Å². The van der Waals surface area contributed by atoms with Crippen LogP contribution in [-0.4, -0.2) is 49.8 Å². The van der Waals surface area contributed by atoms with E-state index in [1.165, 1.54) is 14.2 Å². The summed E-state index contributed by atoms with van der Waals surface area (Å²) < 4.78 is 29.7. The van der Waals surface area contributed by atoms with Gasteiger partial charge in [0.1, 0.15) is 10.4 Å². The lowest BCUT2D eigenvalue weighted by Crippen LogP contribution is -2.42. The van der Waals surface area contributed by atoms with E-state index >= 15 is 0 Å². The van der Waals surface area contributed by atoms with Crippen LogP contribution in [0.4, 0.5) is 0 Å². The third-order valence-corrected chi connectivity index (χ3v) is 8.94. The van der Waals surface area contributed by atoms with Crippen LogP contribution in [0.2, 0.25) is 5.02 Å². The predicted octanol–water partition coefficient (Wildman–Crippen LogP) is 4.78. The number of carbonyl (C=O) groups excluding carboxylic acids is 2. The zero-order chi connectivity index (χ0) is 27.9. The molecule has 11 heteroatoms. The Morgan fingerprint density at radius 2 is 1.95 bits per heavy atom. The highest BCUT2D eigenvalue weighted by atomic mass is 35.5. The first-order chi connectivity index (χ1) is 17.9. The molecule has 4 rings (SSSR count). The van der Waals surface area contributed by atoms with Crippen LogP contribution in [0.5, 0.6) is 0 Å². The molecule has 0 radical (unpaired) electrons. The van der Waals surface area contributed by atoms with E-state index in [9.17, 15) is 14.1 Å². The Morgan fingerprint density at radius 3 is 2.58 bits per heavy atom. The van der Waals surface area contributed by atoms with E-state index in [4.69, 9.17) is 26.2 Å². The molecule has 38 heavy (non-hydrogen) atoms. The monoisotopic (exact) mass is 562 g/mol. The van der Waals surface area contributed by atoms with Crippen LogP contribution in [0.1, 0.15) is 73.5 Å². The summed E-state index contributed by atoms with van der Waals surface area (Å²) in [5, 5.41) is 6.14. The van der Waals surface area contributed by atoms with E-state index in [0.717, 1.165) is 52.8 Å². The van der Waals surface area contributed by atoms with Gasteiger partial charge in [-0.05, 0) is 58.6 Å². The highest BCUT2D eigenvalue weighted by molar-refractivity contribution is 7.90. The summed E-state index contributed by atoms with van der Waals surface area (Å²) in [4.78, 5) is 24.9. The highest BCUT2D eigenvalue weighted by Crippen LogP contribution is 2.45. The number of methoxy groups -OCH3 is 2. The van der Waals surface area contributed by atoms with Crippen molar-refractivity contribution in [3.8, 4) is 11.1 Å². The number of nitrogens with zero attached hydrogens (tertiary/aromatic N) is 3. The van der Waals surface area contributed by atoms with Gasteiger partial charge in [-0.2, -0.15) is 5.10 Å². The fourth-order valence-electron chi connectivity index (χ4n) is 5.21. The molecule has 0 saturated carbocycles. The second-order valence-corrected chi connectivity index (χ2v) is 12.9. The molecule has 3 aromatic rings. The maximum absolute atomic E-state index is 13.1. The van der Waals surface area contributed by atoms with Crippen molar-refractivity contribution in [2.24, 2.45) is 7.05 Å². The van der Waals surface area contributed by atoms with Crippen LogP contribution in [0.3, 0.4) is 0 Å². The molecule has 0 spiro atoms. The lowest BCUT2D eigenvalue weighted by Gasteiger charge is -2.31. The third kappa shape index (κ3) is 5.06. The fourth-order valence-corrected chi connectivity index (χ4v) is 6.30. The van der Waals surface area contributed by atoms with Gasteiger partial charge in [-0.15, -0.1) is 4.72 Å². The van der Waals surface area contributed by atoms with E-state index in [1.807, 2.05) is 44.5 Å². The summed E-state index contributed by atoms with van der Waals surface area (Å²) in [5.74, 6) is -0.867. The third-order valence-electron chi connectivity index (χ3n) is 7.01. The average Bonchev–Trinajstić information content (AvgIpc) is 3.35. The number of hydrogen-bond acceptors (Lipinski definition) is 7. The Kier molecular flexibility index (Phi) is 8.18. The number of ether oxygens (including phenoxy) is 2. The Bertz CT molecular complexity index is 1390. The second kappa shape index (κ2) is 10.9. The molecule has 0 amide bonds. The van der Waals surface area contributed by atoms with Crippen molar-refractivity contribution < 1.29 is 23.6 Å². The maximum atomic E-state index is 13.1. The van der Waals surface area contributed by atoms with Gasteiger partial charge in [-0.1, -0.05) is 17.7 Å². The highest BCUT2D eigenvalue weighted by Gasteiger charge is 2.36. The number of nitrogens with one attached hydrogen (secondary N) is 1. The summed E-state index contributed by atoms with van der Waals surface area (Å²) in [5.41, 5.74) is 5.13. The maximum Gasteiger partial charge on any atom is 0.354 e. The number of rotatable bonds is 7. The number of esters is 2. The van der Waals surface area contributed by atoms with Crippen LogP contribution in [0, 0.1) is 6.92 Å². The number of fused-ring (bicyclic) bond motifs is 2.